The summed E-state index contributed by atoms with van der Waals surface area (Å²) in [6.07, 6.45) is -16.0. The Morgan fingerprint density at radius 2 is 1.61 bits per heavy atom. The minimum atomic E-state index is -6.55. The van der Waals surface area contributed by atoms with Crippen molar-refractivity contribution < 1.29 is 57.8 Å². The van der Waals surface area contributed by atoms with E-state index in [2.05, 4.69) is 4.74 Å². The molecule has 1 aromatic carbocycles. The predicted molar refractivity (Wildman–Crippen MR) is 96.2 cm³/mol. The Hall–Kier alpha value is -0.820. The Bertz CT molecular complexity index is 868. The second-order valence-electron chi connectivity index (χ2n) is 6.01. The molecular weight excluding hydrogens is 585 g/mol. The second kappa shape index (κ2) is 8.85. The Morgan fingerprint density at radius 3 is 2.10 bits per heavy atom. The Balaban J connectivity index is 2.46. The van der Waals surface area contributed by atoms with E-state index < -0.39 is 50.5 Å². The third-order valence-electron chi connectivity index (χ3n) is 3.87. The molecule has 0 unspecified atom stereocenters. The first-order valence-electron chi connectivity index (χ1n) is 8.21. The van der Waals surface area contributed by atoms with E-state index in [0.29, 0.717) is 0 Å². The third kappa shape index (κ3) is 5.07. The molecule has 1 saturated heterocycles. The molecule has 0 spiro atoms. The maximum atomic E-state index is 14.4. The molecule has 1 aliphatic rings. The van der Waals surface area contributed by atoms with Crippen molar-refractivity contribution in [3.63, 3.8) is 0 Å². The van der Waals surface area contributed by atoms with Gasteiger partial charge in [-0.2, -0.15) is 39.4 Å². The molecule has 0 bridgehead atoms. The molecule has 0 amide bonds. The normalized spacial score (nSPS) is 22.1. The van der Waals surface area contributed by atoms with Crippen LogP contribution in [0.1, 0.15) is 18.7 Å². The van der Waals surface area contributed by atoms with Gasteiger partial charge in [0.2, 0.25) is 0 Å². The van der Waals surface area contributed by atoms with Crippen molar-refractivity contribution in [1.29, 1.82) is 0 Å². The molecule has 2 rings (SSSR count). The number of benzene rings is 1. The van der Waals surface area contributed by atoms with Gasteiger partial charge in [0.05, 0.1) is 6.54 Å². The molecule has 31 heavy (non-hydrogen) atoms. The van der Waals surface area contributed by atoms with E-state index >= 15 is 0 Å². The topological polar surface area (TPSA) is 65.1 Å². The van der Waals surface area contributed by atoms with Crippen LogP contribution in [0.2, 0.25) is 0 Å². The summed E-state index contributed by atoms with van der Waals surface area (Å²) < 4.78 is 140. The highest BCUT2D eigenvalue weighted by Gasteiger charge is 2.75. The van der Waals surface area contributed by atoms with Crippen LogP contribution in [0.5, 0.6) is 0 Å². The molecule has 0 aromatic heterocycles. The zero-order valence-corrected chi connectivity index (χ0v) is 18.2. The fourth-order valence-corrected chi connectivity index (χ4v) is 3.93. The number of alkyl halides is 9. The third-order valence-corrected chi connectivity index (χ3v) is 6.34. The summed E-state index contributed by atoms with van der Waals surface area (Å²) in [5, 5.41) is -6.39. The van der Waals surface area contributed by atoms with Crippen molar-refractivity contribution in [3.8, 4) is 0 Å². The van der Waals surface area contributed by atoms with Crippen LogP contribution in [-0.4, -0.2) is 53.6 Å². The van der Waals surface area contributed by atoms with Crippen molar-refractivity contribution in [3.05, 3.63) is 35.9 Å². The summed E-state index contributed by atoms with van der Waals surface area (Å²) >= 11 is -0.314. The van der Waals surface area contributed by atoms with E-state index in [0.717, 1.165) is 0 Å². The van der Waals surface area contributed by atoms with Crippen LogP contribution in [0, 0.1) is 0 Å². The Labute approximate surface area is 184 Å². The molecule has 1 fully saturated rings. The fraction of sp³-hybridized carbons (Fsp3) is 0.600. The zero-order valence-electron chi connectivity index (χ0n) is 15.3. The lowest BCUT2D eigenvalue weighted by molar-refractivity contribution is -0.438. The van der Waals surface area contributed by atoms with Crippen LogP contribution in [0.25, 0.3) is 0 Å². The van der Waals surface area contributed by atoms with Gasteiger partial charge in [-0.1, -0.05) is 30.3 Å². The molecule has 0 saturated carbocycles. The molecule has 0 aliphatic carbocycles. The lowest BCUT2D eigenvalue weighted by Gasteiger charge is -2.33. The van der Waals surface area contributed by atoms with Crippen molar-refractivity contribution in [2.75, 3.05) is 13.2 Å². The highest BCUT2D eigenvalue weighted by atomic mass is 127. The molecule has 178 valence electrons. The van der Waals surface area contributed by atoms with Gasteiger partial charge in [0, 0.05) is 29.2 Å². The minimum absolute atomic E-state index is 0.0718. The van der Waals surface area contributed by atoms with Crippen molar-refractivity contribution in [1.82, 2.24) is 4.31 Å². The number of halogens is 9. The first-order chi connectivity index (χ1) is 14.0. The van der Waals surface area contributed by atoms with Crippen molar-refractivity contribution >= 4 is 32.6 Å². The first-order valence-corrected chi connectivity index (χ1v) is 10.7. The fourth-order valence-electron chi connectivity index (χ4n) is 2.44. The molecule has 1 heterocycles. The molecular formula is C15H14F8INO5S. The second-order valence-corrected chi connectivity index (χ2v) is 9.30. The van der Waals surface area contributed by atoms with Gasteiger partial charge < -0.3 is 9.47 Å². The van der Waals surface area contributed by atoms with E-state index in [9.17, 15) is 43.5 Å². The highest BCUT2D eigenvalue weighted by molar-refractivity contribution is 14.1. The molecule has 1 aromatic rings. The maximum absolute atomic E-state index is 14.4. The van der Waals surface area contributed by atoms with Crippen LogP contribution in [0.15, 0.2) is 30.3 Å². The number of hydrogen-bond acceptors (Lipinski definition) is 5. The van der Waals surface area contributed by atoms with E-state index in [1.54, 1.807) is 0 Å². The smallest absolute Gasteiger partial charge is 0.351 e. The van der Waals surface area contributed by atoms with Gasteiger partial charge in [-0.3, -0.25) is 0 Å². The summed E-state index contributed by atoms with van der Waals surface area (Å²) in [7, 11) is -6.52. The quantitative estimate of drug-likeness (QED) is 0.237. The van der Waals surface area contributed by atoms with E-state index in [1.807, 2.05) is 0 Å². The summed E-state index contributed by atoms with van der Waals surface area (Å²) in [4.78, 5) is 0. The van der Waals surface area contributed by atoms with Crippen LogP contribution in [0.3, 0.4) is 0 Å². The van der Waals surface area contributed by atoms with Gasteiger partial charge >= 0.3 is 21.4 Å². The van der Waals surface area contributed by atoms with Gasteiger partial charge in [0.15, 0.2) is 12.5 Å². The van der Waals surface area contributed by atoms with E-state index in [1.165, 1.54) is 37.3 Å². The summed E-state index contributed by atoms with van der Waals surface area (Å²) in [6, 6.07) is 6.63. The number of ether oxygens (including phenoxy) is 3. The van der Waals surface area contributed by atoms with Gasteiger partial charge in [0.1, 0.15) is 0 Å². The monoisotopic (exact) mass is 599 g/mol. The number of hydrogen-bond donors (Lipinski definition) is 0. The zero-order chi connectivity index (χ0) is 23.9. The maximum Gasteiger partial charge on any atom is 0.449 e. The first kappa shape index (κ1) is 26.4. The largest absolute Gasteiger partial charge is 0.449 e. The van der Waals surface area contributed by atoms with Crippen molar-refractivity contribution in [2.45, 2.75) is 40.8 Å². The predicted octanol–water partition coefficient (Wildman–Crippen LogP) is 4.53. The van der Waals surface area contributed by atoms with Crippen LogP contribution in [-0.2, 0) is 24.2 Å². The van der Waals surface area contributed by atoms with Crippen LogP contribution >= 0.6 is 22.6 Å². The van der Waals surface area contributed by atoms with Crippen LogP contribution in [0.4, 0.5) is 35.1 Å². The van der Waals surface area contributed by atoms with Crippen molar-refractivity contribution in [2.24, 2.45) is 0 Å². The highest BCUT2D eigenvalue weighted by Crippen LogP contribution is 2.51. The van der Waals surface area contributed by atoms with Gasteiger partial charge in [-0.25, -0.2) is 13.2 Å². The molecule has 0 N–H and O–H groups in total. The van der Waals surface area contributed by atoms with Gasteiger partial charge in [-0.15, -0.1) is 0 Å². The standard InChI is InChI=1S/C15H14F8INO5S/c1-2-28-10-8-25(11(29-10)9-6-4-3-5-7-9)31(26,27)15(22,23)14(20,21)30-13(18,19)12(16,17)24/h3-7,10-11H,2,8H2,1H3/t10-,11-/m1/s1. The van der Waals surface area contributed by atoms with Gasteiger partial charge in [0.25, 0.3) is 10.0 Å². The summed E-state index contributed by atoms with van der Waals surface area (Å²) in [6.45, 7) is 0.355. The summed E-state index contributed by atoms with van der Waals surface area (Å²) in [5.74, 6) is 0. The van der Waals surface area contributed by atoms with Crippen LogP contribution < -0.4 is 0 Å². The molecule has 2 atom stereocenters. The van der Waals surface area contributed by atoms with E-state index in [-0.39, 0.29) is 39.1 Å². The molecule has 16 heteroatoms. The Morgan fingerprint density at radius 1 is 1.06 bits per heavy atom. The molecule has 1 aliphatic heterocycles. The van der Waals surface area contributed by atoms with E-state index in [4.69, 9.17) is 9.47 Å². The number of nitrogens with zero attached hydrogens (tertiary/aromatic N) is 1. The SMILES string of the molecule is CCO[C@H]1CN(S(=O)(=O)C(F)(F)C(F)(F)OC(F)(F)C(F)(F)I)[C@@H](c2ccccc2)O1. The average Bonchev–Trinajstić information content (AvgIpc) is 3.05. The lowest BCUT2D eigenvalue weighted by atomic mass is 10.2. The van der Waals surface area contributed by atoms with Gasteiger partial charge in [-0.05, 0) is 12.5 Å². The molecule has 6 nitrogen and oxygen atoms in total. The molecule has 0 radical (unpaired) electrons. The minimum Gasteiger partial charge on any atom is -0.351 e. The Kier molecular flexibility index (Phi) is 7.54. The average molecular weight is 599 g/mol. The summed E-state index contributed by atoms with van der Waals surface area (Å²) in [5.41, 5.74) is -0.0718. The lowest BCUT2D eigenvalue weighted by Crippen LogP contribution is -2.58. The number of rotatable bonds is 9. The number of sulfonamides is 1.